The maximum absolute atomic E-state index is 4.73. The van der Waals surface area contributed by atoms with Gasteiger partial charge in [-0.25, -0.2) is 0 Å². The van der Waals surface area contributed by atoms with Crippen LogP contribution in [-0.2, 0) is 19.4 Å². The predicted molar refractivity (Wildman–Crippen MR) is 92.7 cm³/mol. The number of nitrogens with zero attached hydrogens (tertiary/aromatic N) is 2. The lowest BCUT2D eigenvalue weighted by atomic mass is 9.95. The zero-order chi connectivity index (χ0) is 15.2. The Kier molecular flexibility index (Phi) is 6.74. The number of rotatable bonds is 8. The molecule has 1 aromatic heterocycles. The molecule has 120 valence electrons. The lowest BCUT2D eigenvalue weighted by Gasteiger charge is -2.22. The topological polar surface area (TPSA) is 29.9 Å². The Hall–Kier alpha value is -0.350. The van der Waals surface area contributed by atoms with Crippen molar-refractivity contribution in [3.05, 3.63) is 15.9 Å². The van der Waals surface area contributed by atoms with Gasteiger partial charge in [0.15, 0.2) is 0 Å². The van der Waals surface area contributed by atoms with Crippen LogP contribution < -0.4 is 5.32 Å². The monoisotopic (exact) mass is 355 g/mol. The molecule has 0 radical (unpaired) electrons. The second-order valence-electron chi connectivity index (χ2n) is 6.22. The third kappa shape index (κ3) is 4.32. The van der Waals surface area contributed by atoms with Crippen molar-refractivity contribution < 1.29 is 0 Å². The molecular formula is C17H30BrN3. The molecule has 1 saturated carbocycles. The van der Waals surface area contributed by atoms with Gasteiger partial charge in [-0.05, 0) is 48.2 Å². The van der Waals surface area contributed by atoms with Crippen molar-refractivity contribution in [3.63, 3.8) is 0 Å². The summed E-state index contributed by atoms with van der Waals surface area (Å²) in [7, 11) is 0. The van der Waals surface area contributed by atoms with Crippen molar-refractivity contribution in [2.45, 2.75) is 78.3 Å². The summed E-state index contributed by atoms with van der Waals surface area (Å²) >= 11 is 3.78. The third-order valence-electron chi connectivity index (χ3n) is 4.72. The SMILES string of the molecule is CCNC(Cc1c(Br)c(CC)nn1CC)CC1CCCC1. The zero-order valence-corrected chi connectivity index (χ0v) is 15.4. The number of aryl methyl sites for hydroxylation is 2. The van der Waals surface area contributed by atoms with Crippen LogP contribution in [0.2, 0.25) is 0 Å². The molecule has 1 fully saturated rings. The lowest BCUT2D eigenvalue weighted by molar-refractivity contribution is 0.383. The molecule has 0 spiro atoms. The van der Waals surface area contributed by atoms with E-state index >= 15 is 0 Å². The number of likely N-dealkylation sites (N-methyl/N-ethyl adjacent to an activating group) is 1. The Morgan fingerprint density at radius 1 is 1.29 bits per heavy atom. The largest absolute Gasteiger partial charge is 0.314 e. The van der Waals surface area contributed by atoms with Crippen molar-refractivity contribution in [2.75, 3.05) is 6.54 Å². The maximum atomic E-state index is 4.73. The van der Waals surface area contributed by atoms with E-state index in [1.807, 2.05) is 0 Å². The zero-order valence-electron chi connectivity index (χ0n) is 13.8. The average molecular weight is 356 g/mol. The molecule has 1 aromatic rings. The molecule has 0 aromatic carbocycles. The highest BCUT2D eigenvalue weighted by Crippen LogP contribution is 2.30. The fourth-order valence-electron chi connectivity index (χ4n) is 3.62. The van der Waals surface area contributed by atoms with Crippen LogP contribution in [0.1, 0.15) is 64.3 Å². The second kappa shape index (κ2) is 8.33. The minimum absolute atomic E-state index is 0.584. The Balaban J connectivity index is 2.09. The summed E-state index contributed by atoms with van der Waals surface area (Å²) in [6.07, 6.45) is 9.12. The summed E-state index contributed by atoms with van der Waals surface area (Å²) in [5.41, 5.74) is 2.57. The minimum Gasteiger partial charge on any atom is -0.314 e. The van der Waals surface area contributed by atoms with Gasteiger partial charge in [-0.2, -0.15) is 5.10 Å². The molecule has 1 unspecified atom stereocenters. The van der Waals surface area contributed by atoms with Gasteiger partial charge >= 0.3 is 0 Å². The van der Waals surface area contributed by atoms with Gasteiger partial charge in [-0.3, -0.25) is 4.68 Å². The molecule has 0 bridgehead atoms. The van der Waals surface area contributed by atoms with E-state index in [4.69, 9.17) is 5.10 Å². The molecule has 1 aliphatic carbocycles. The van der Waals surface area contributed by atoms with Gasteiger partial charge in [0.1, 0.15) is 0 Å². The van der Waals surface area contributed by atoms with Gasteiger partial charge in [-0.15, -0.1) is 0 Å². The first-order valence-corrected chi connectivity index (χ1v) is 9.46. The van der Waals surface area contributed by atoms with Crippen molar-refractivity contribution in [1.82, 2.24) is 15.1 Å². The van der Waals surface area contributed by atoms with E-state index in [9.17, 15) is 0 Å². The van der Waals surface area contributed by atoms with E-state index < -0.39 is 0 Å². The van der Waals surface area contributed by atoms with Gasteiger partial charge in [0.25, 0.3) is 0 Å². The van der Waals surface area contributed by atoms with Crippen LogP contribution in [0.5, 0.6) is 0 Å². The molecule has 0 aliphatic heterocycles. The van der Waals surface area contributed by atoms with Crippen molar-refractivity contribution in [1.29, 1.82) is 0 Å². The van der Waals surface area contributed by atoms with Crippen LogP contribution in [-0.4, -0.2) is 22.4 Å². The van der Waals surface area contributed by atoms with E-state index in [1.165, 1.54) is 48.0 Å². The van der Waals surface area contributed by atoms with Crippen LogP contribution in [0.25, 0.3) is 0 Å². The van der Waals surface area contributed by atoms with E-state index in [0.29, 0.717) is 6.04 Å². The average Bonchev–Trinajstić information content (AvgIpc) is 3.08. The molecule has 0 amide bonds. The normalized spacial score (nSPS) is 17.5. The van der Waals surface area contributed by atoms with Crippen LogP contribution >= 0.6 is 15.9 Å². The molecule has 1 heterocycles. The molecule has 3 nitrogen and oxygen atoms in total. The Morgan fingerprint density at radius 3 is 2.57 bits per heavy atom. The quantitative estimate of drug-likeness (QED) is 0.751. The summed E-state index contributed by atoms with van der Waals surface area (Å²) in [6.45, 7) is 8.58. The van der Waals surface area contributed by atoms with E-state index in [1.54, 1.807) is 0 Å². The highest BCUT2D eigenvalue weighted by molar-refractivity contribution is 9.10. The Bertz CT molecular complexity index is 435. The maximum Gasteiger partial charge on any atom is 0.0766 e. The van der Waals surface area contributed by atoms with Crippen molar-refractivity contribution in [3.8, 4) is 0 Å². The van der Waals surface area contributed by atoms with Crippen LogP contribution in [0.4, 0.5) is 0 Å². The molecule has 2 rings (SSSR count). The van der Waals surface area contributed by atoms with Gasteiger partial charge in [0, 0.05) is 19.0 Å². The Morgan fingerprint density at radius 2 is 2.00 bits per heavy atom. The van der Waals surface area contributed by atoms with Gasteiger partial charge < -0.3 is 5.32 Å². The Labute approximate surface area is 138 Å². The molecule has 21 heavy (non-hydrogen) atoms. The van der Waals surface area contributed by atoms with E-state index in [2.05, 4.69) is 46.7 Å². The fraction of sp³-hybridized carbons (Fsp3) is 0.824. The number of nitrogens with one attached hydrogen (secondary N) is 1. The molecular weight excluding hydrogens is 326 g/mol. The summed E-state index contributed by atoms with van der Waals surface area (Å²) in [5, 5.41) is 8.44. The smallest absolute Gasteiger partial charge is 0.0766 e. The lowest BCUT2D eigenvalue weighted by Crippen LogP contribution is -2.33. The van der Waals surface area contributed by atoms with Gasteiger partial charge in [0.05, 0.1) is 15.9 Å². The summed E-state index contributed by atoms with van der Waals surface area (Å²) in [6, 6.07) is 0.584. The predicted octanol–water partition coefficient (Wildman–Crippen LogP) is 4.33. The molecule has 0 saturated heterocycles. The number of aromatic nitrogens is 2. The molecule has 1 atom stereocenters. The van der Waals surface area contributed by atoms with Gasteiger partial charge in [-0.1, -0.05) is 39.5 Å². The second-order valence-corrected chi connectivity index (χ2v) is 7.01. The highest BCUT2D eigenvalue weighted by atomic mass is 79.9. The van der Waals surface area contributed by atoms with Crippen LogP contribution in [0, 0.1) is 5.92 Å². The molecule has 4 heteroatoms. The third-order valence-corrected chi connectivity index (χ3v) is 5.63. The number of halogens is 1. The minimum atomic E-state index is 0.584. The molecule has 1 aliphatic rings. The first kappa shape index (κ1) is 17.0. The van der Waals surface area contributed by atoms with Crippen molar-refractivity contribution >= 4 is 15.9 Å². The molecule has 1 N–H and O–H groups in total. The summed E-state index contributed by atoms with van der Waals surface area (Å²) in [5.74, 6) is 0.927. The van der Waals surface area contributed by atoms with E-state index in [-0.39, 0.29) is 0 Å². The summed E-state index contributed by atoms with van der Waals surface area (Å²) in [4.78, 5) is 0. The first-order chi connectivity index (χ1) is 10.2. The van der Waals surface area contributed by atoms with Gasteiger partial charge in [0.2, 0.25) is 0 Å². The fourth-order valence-corrected chi connectivity index (χ4v) is 4.35. The van der Waals surface area contributed by atoms with Crippen LogP contribution in [0.15, 0.2) is 4.47 Å². The summed E-state index contributed by atoms with van der Waals surface area (Å²) < 4.78 is 3.42. The highest BCUT2D eigenvalue weighted by Gasteiger charge is 2.23. The number of hydrogen-bond donors (Lipinski definition) is 1. The number of hydrogen-bond acceptors (Lipinski definition) is 2. The standard InChI is InChI=1S/C17H30BrN3/c1-4-15-17(18)16(21(6-3)20-15)12-14(19-5-2)11-13-9-7-8-10-13/h13-14,19H,4-12H2,1-3H3. The van der Waals surface area contributed by atoms with Crippen LogP contribution in [0.3, 0.4) is 0 Å². The van der Waals surface area contributed by atoms with Crippen molar-refractivity contribution in [2.24, 2.45) is 5.92 Å². The first-order valence-electron chi connectivity index (χ1n) is 8.66. The van der Waals surface area contributed by atoms with E-state index in [0.717, 1.165) is 31.8 Å².